The molecule has 2 N–H and O–H groups in total. The molecule has 1 heterocycles. The maximum absolute atomic E-state index is 12.6. The molecule has 2 atom stereocenters. The third-order valence-electron chi connectivity index (χ3n) is 4.04. The van der Waals surface area contributed by atoms with Crippen LogP contribution in [0.4, 0.5) is 0 Å². The zero-order chi connectivity index (χ0) is 16.2. The molecule has 6 heteroatoms. The molecule has 2 rings (SSSR count). The van der Waals surface area contributed by atoms with Crippen molar-refractivity contribution in [3.05, 3.63) is 35.9 Å². The smallest absolute Gasteiger partial charge is 0.339 e. The highest BCUT2D eigenvalue weighted by molar-refractivity contribution is 6.03. The van der Waals surface area contributed by atoms with E-state index in [1.165, 1.54) is 12.0 Å². The van der Waals surface area contributed by atoms with Gasteiger partial charge in [-0.2, -0.15) is 0 Å². The minimum atomic E-state index is -1.53. The maximum atomic E-state index is 12.6. The average molecular weight is 304 g/mol. The molecule has 1 aliphatic heterocycles. The van der Waals surface area contributed by atoms with Crippen LogP contribution in [-0.4, -0.2) is 48.3 Å². The Hall–Kier alpha value is -2.21. The molecule has 1 saturated heterocycles. The number of aldehydes is 1. The van der Waals surface area contributed by atoms with Crippen LogP contribution < -0.4 is 5.73 Å². The second-order valence-electron chi connectivity index (χ2n) is 5.42. The fraction of sp³-hybridized carbons (Fsp3) is 0.438. The van der Waals surface area contributed by atoms with E-state index >= 15 is 0 Å². The predicted octanol–water partition coefficient (Wildman–Crippen LogP) is 0.290. The number of carbonyl (C=O) groups is 3. The van der Waals surface area contributed by atoms with Crippen molar-refractivity contribution >= 4 is 18.2 Å². The zero-order valence-electron chi connectivity index (χ0n) is 12.5. The Morgan fingerprint density at radius 1 is 1.41 bits per heavy atom. The third-order valence-corrected chi connectivity index (χ3v) is 4.04. The number of nitrogens with zero attached hydrogens (tertiary/aromatic N) is 1. The molecule has 1 fully saturated rings. The minimum absolute atomic E-state index is 0.271. The molecule has 0 bridgehead atoms. The molecule has 1 aromatic carbocycles. The molecule has 1 amide bonds. The summed E-state index contributed by atoms with van der Waals surface area (Å²) in [7, 11) is 1.21. The van der Waals surface area contributed by atoms with Crippen LogP contribution in [0.3, 0.4) is 0 Å². The highest BCUT2D eigenvalue weighted by atomic mass is 16.5. The van der Waals surface area contributed by atoms with Gasteiger partial charge in [0.1, 0.15) is 0 Å². The molecule has 118 valence electrons. The van der Waals surface area contributed by atoms with Crippen LogP contribution in [0, 0.1) is 0 Å². The third kappa shape index (κ3) is 2.87. The molecule has 0 saturated carbocycles. The van der Waals surface area contributed by atoms with E-state index < -0.39 is 23.5 Å². The standard InChI is InChI=1S/C16H20N2O4/c1-22-15(21)16(11-19)8-5-9-18(16)14(20)13(17)10-12-6-3-2-4-7-12/h2-4,6-7,11,13H,5,8-10,17H2,1H3/t13-,16+/m1/s1. The van der Waals surface area contributed by atoms with Gasteiger partial charge >= 0.3 is 5.97 Å². The molecular formula is C16H20N2O4. The summed E-state index contributed by atoms with van der Waals surface area (Å²) in [6.45, 7) is 0.329. The first-order valence-electron chi connectivity index (χ1n) is 7.21. The number of ether oxygens (including phenoxy) is 1. The number of nitrogens with two attached hydrogens (primary N) is 1. The summed E-state index contributed by atoms with van der Waals surface area (Å²) >= 11 is 0. The largest absolute Gasteiger partial charge is 0.467 e. The van der Waals surface area contributed by atoms with E-state index in [4.69, 9.17) is 10.5 Å². The van der Waals surface area contributed by atoms with Gasteiger partial charge in [0.15, 0.2) is 11.8 Å². The van der Waals surface area contributed by atoms with E-state index in [9.17, 15) is 14.4 Å². The van der Waals surface area contributed by atoms with Gasteiger partial charge < -0.3 is 20.2 Å². The lowest BCUT2D eigenvalue weighted by atomic mass is 9.96. The van der Waals surface area contributed by atoms with Crippen molar-refractivity contribution in [1.82, 2.24) is 4.90 Å². The number of hydrogen-bond acceptors (Lipinski definition) is 5. The van der Waals surface area contributed by atoms with Gasteiger partial charge in [0.25, 0.3) is 0 Å². The number of esters is 1. The van der Waals surface area contributed by atoms with Gasteiger partial charge in [-0.25, -0.2) is 4.79 Å². The van der Waals surface area contributed by atoms with Crippen LogP contribution in [-0.2, 0) is 25.5 Å². The molecule has 0 aromatic heterocycles. The SMILES string of the molecule is COC(=O)[C@@]1(C=O)CCCN1C(=O)[C@H](N)Cc1ccccc1. The van der Waals surface area contributed by atoms with Crippen molar-refractivity contribution in [2.75, 3.05) is 13.7 Å². The van der Waals surface area contributed by atoms with Crippen LogP contribution in [0.25, 0.3) is 0 Å². The predicted molar refractivity (Wildman–Crippen MR) is 79.9 cm³/mol. The molecule has 22 heavy (non-hydrogen) atoms. The topological polar surface area (TPSA) is 89.7 Å². The first-order chi connectivity index (χ1) is 10.5. The van der Waals surface area contributed by atoms with E-state index in [0.29, 0.717) is 25.7 Å². The summed E-state index contributed by atoms with van der Waals surface area (Å²) in [6, 6.07) is 8.57. The first kappa shape index (κ1) is 16.2. The van der Waals surface area contributed by atoms with Gasteiger partial charge in [-0.3, -0.25) is 4.79 Å². The molecule has 1 aliphatic rings. The summed E-state index contributed by atoms with van der Waals surface area (Å²) in [5.74, 6) is -1.11. The van der Waals surface area contributed by atoms with Crippen LogP contribution >= 0.6 is 0 Å². The lowest BCUT2D eigenvalue weighted by Gasteiger charge is -2.32. The number of likely N-dealkylation sites (tertiary alicyclic amines) is 1. The molecule has 0 aliphatic carbocycles. The number of methoxy groups -OCH3 is 1. The lowest BCUT2D eigenvalue weighted by Crippen LogP contribution is -2.58. The van der Waals surface area contributed by atoms with Gasteiger partial charge in [-0.15, -0.1) is 0 Å². The van der Waals surface area contributed by atoms with Crippen molar-refractivity contribution in [3.8, 4) is 0 Å². The highest BCUT2D eigenvalue weighted by Crippen LogP contribution is 2.29. The van der Waals surface area contributed by atoms with Crippen molar-refractivity contribution in [3.63, 3.8) is 0 Å². The van der Waals surface area contributed by atoms with Crippen molar-refractivity contribution in [1.29, 1.82) is 0 Å². The Bertz CT molecular complexity index is 561. The van der Waals surface area contributed by atoms with E-state index in [-0.39, 0.29) is 6.42 Å². The Morgan fingerprint density at radius 2 is 2.09 bits per heavy atom. The monoisotopic (exact) mass is 304 g/mol. The highest BCUT2D eigenvalue weighted by Gasteiger charge is 2.51. The van der Waals surface area contributed by atoms with E-state index in [2.05, 4.69) is 0 Å². The molecule has 0 spiro atoms. The van der Waals surface area contributed by atoms with Gasteiger partial charge in [-0.05, 0) is 24.8 Å². The minimum Gasteiger partial charge on any atom is -0.467 e. The van der Waals surface area contributed by atoms with Gasteiger partial charge in [0, 0.05) is 6.54 Å². The van der Waals surface area contributed by atoms with Gasteiger partial charge in [0.2, 0.25) is 5.91 Å². The second kappa shape index (κ2) is 6.70. The quantitative estimate of drug-likeness (QED) is 0.480. The number of carbonyl (C=O) groups excluding carboxylic acids is 3. The Labute approximate surface area is 129 Å². The summed E-state index contributed by atoms with van der Waals surface area (Å²) in [5, 5.41) is 0. The van der Waals surface area contributed by atoms with E-state index in [1.807, 2.05) is 30.3 Å². The van der Waals surface area contributed by atoms with Crippen LogP contribution in [0.2, 0.25) is 0 Å². The summed E-state index contributed by atoms with van der Waals surface area (Å²) in [5.41, 5.74) is 5.39. The van der Waals surface area contributed by atoms with Gasteiger partial charge in [0.05, 0.1) is 13.2 Å². The number of amides is 1. The lowest BCUT2D eigenvalue weighted by molar-refractivity contribution is -0.161. The summed E-state index contributed by atoms with van der Waals surface area (Å²) in [4.78, 5) is 37.3. The van der Waals surface area contributed by atoms with Crippen molar-refractivity contribution < 1.29 is 19.1 Å². The van der Waals surface area contributed by atoms with Crippen LogP contribution in [0.15, 0.2) is 30.3 Å². The Kier molecular flexibility index (Phi) is 4.92. The second-order valence-corrected chi connectivity index (χ2v) is 5.42. The summed E-state index contributed by atoms with van der Waals surface area (Å²) < 4.78 is 4.70. The Balaban J connectivity index is 2.16. The fourth-order valence-electron chi connectivity index (χ4n) is 2.86. The van der Waals surface area contributed by atoms with E-state index in [1.54, 1.807) is 0 Å². The van der Waals surface area contributed by atoms with Gasteiger partial charge in [-0.1, -0.05) is 30.3 Å². The molecular weight excluding hydrogens is 284 g/mol. The maximum Gasteiger partial charge on any atom is 0.339 e. The Morgan fingerprint density at radius 3 is 2.68 bits per heavy atom. The summed E-state index contributed by atoms with van der Waals surface area (Å²) in [6.07, 6.45) is 1.69. The molecule has 0 unspecified atom stereocenters. The average Bonchev–Trinajstić information content (AvgIpc) is 2.99. The van der Waals surface area contributed by atoms with E-state index in [0.717, 1.165) is 5.56 Å². The van der Waals surface area contributed by atoms with Crippen molar-refractivity contribution in [2.45, 2.75) is 30.8 Å². The molecule has 1 aromatic rings. The molecule has 6 nitrogen and oxygen atoms in total. The number of benzene rings is 1. The van der Waals surface area contributed by atoms with Crippen LogP contribution in [0.1, 0.15) is 18.4 Å². The normalized spacial score (nSPS) is 22.2. The van der Waals surface area contributed by atoms with Crippen molar-refractivity contribution in [2.24, 2.45) is 5.73 Å². The number of rotatable bonds is 5. The molecule has 0 radical (unpaired) electrons. The number of hydrogen-bond donors (Lipinski definition) is 1. The first-order valence-corrected chi connectivity index (χ1v) is 7.21. The zero-order valence-corrected chi connectivity index (χ0v) is 12.5. The fourth-order valence-corrected chi connectivity index (χ4v) is 2.86. The van der Waals surface area contributed by atoms with Crippen LogP contribution in [0.5, 0.6) is 0 Å².